The van der Waals surface area contributed by atoms with Crippen molar-refractivity contribution in [2.75, 3.05) is 14.2 Å². The highest BCUT2D eigenvalue weighted by Crippen LogP contribution is 2.27. The van der Waals surface area contributed by atoms with Crippen molar-refractivity contribution < 1.29 is 9.47 Å². The molecule has 0 amide bonds. The number of nitrogens with zero attached hydrogens (tertiary/aromatic N) is 3. The van der Waals surface area contributed by atoms with Gasteiger partial charge < -0.3 is 9.47 Å². The molecule has 0 aliphatic heterocycles. The lowest BCUT2D eigenvalue weighted by Gasteiger charge is -2.07. The van der Waals surface area contributed by atoms with Gasteiger partial charge in [0.15, 0.2) is 17.3 Å². The highest BCUT2D eigenvalue weighted by molar-refractivity contribution is 7.15. The van der Waals surface area contributed by atoms with E-state index >= 15 is 0 Å². The average Bonchev–Trinajstić information content (AvgIpc) is 3.21. The summed E-state index contributed by atoms with van der Waals surface area (Å²) in [5.74, 6) is 1.81. The summed E-state index contributed by atoms with van der Waals surface area (Å²) >= 11 is 1.31. The average molecular weight is 379 g/mol. The van der Waals surface area contributed by atoms with Gasteiger partial charge in [-0.15, -0.1) is 5.10 Å². The van der Waals surface area contributed by atoms with E-state index in [-0.39, 0.29) is 5.56 Å². The third-order valence-electron chi connectivity index (χ3n) is 4.16. The van der Waals surface area contributed by atoms with Gasteiger partial charge in [-0.25, -0.2) is 0 Å². The normalized spacial score (nSPS) is 11.9. The second-order valence-corrected chi connectivity index (χ2v) is 7.04. The molecule has 0 aliphatic carbocycles. The molecule has 0 bridgehead atoms. The van der Waals surface area contributed by atoms with Crippen LogP contribution in [0.2, 0.25) is 0 Å². The zero-order chi connectivity index (χ0) is 19.0. The molecule has 0 saturated heterocycles. The van der Waals surface area contributed by atoms with E-state index in [2.05, 4.69) is 10.1 Å². The maximum atomic E-state index is 12.7. The summed E-state index contributed by atoms with van der Waals surface area (Å²) < 4.78 is 12.5. The highest BCUT2D eigenvalue weighted by atomic mass is 32.1. The van der Waals surface area contributed by atoms with Gasteiger partial charge in [0.1, 0.15) is 0 Å². The van der Waals surface area contributed by atoms with Crippen molar-refractivity contribution in [1.82, 2.24) is 14.6 Å². The van der Waals surface area contributed by atoms with Crippen molar-refractivity contribution in [3.05, 3.63) is 68.5 Å². The van der Waals surface area contributed by atoms with Crippen molar-refractivity contribution in [1.29, 1.82) is 0 Å². The first kappa shape index (κ1) is 17.2. The van der Waals surface area contributed by atoms with Crippen molar-refractivity contribution in [2.24, 2.45) is 0 Å². The minimum absolute atomic E-state index is 0.184. The maximum Gasteiger partial charge on any atom is 0.291 e. The number of benzene rings is 2. The maximum absolute atomic E-state index is 12.7. The first-order valence-corrected chi connectivity index (χ1v) is 9.11. The summed E-state index contributed by atoms with van der Waals surface area (Å²) in [5, 5.41) is 4.39. The number of hydrogen-bond acceptors (Lipinski definition) is 6. The molecule has 2 heterocycles. The first-order valence-electron chi connectivity index (χ1n) is 8.29. The van der Waals surface area contributed by atoms with Crippen LogP contribution in [0.3, 0.4) is 0 Å². The van der Waals surface area contributed by atoms with E-state index in [4.69, 9.17) is 9.47 Å². The summed E-state index contributed by atoms with van der Waals surface area (Å²) in [5.41, 5.74) is 2.68. The van der Waals surface area contributed by atoms with Crippen LogP contribution in [0, 0.1) is 6.92 Å². The lowest BCUT2D eigenvalue weighted by Crippen LogP contribution is -2.23. The molecule has 0 N–H and O–H groups in total. The van der Waals surface area contributed by atoms with E-state index < -0.39 is 0 Å². The Kier molecular flexibility index (Phi) is 4.37. The molecule has 6 nitrogen and oxygen atoms in total. The van der Waals surface area contributed by atoms with E-state index in [0.717, 1.165) is 16.7 Å². The molecule has 0 saturated carbocycles. The molecular formula is C20H17N3O3S. The molecule has 0 aliphatic rings. The topological polar surface area (TPSA) is 65.7 Å². The fourth-order valence-electron chi connectivity index (χ4n) is 2.83. The molecular weight excluding hydrogens is 362 g/mol. The van der Waals surface area contributed by atoms with Gasteiger partial charge in [-0.05, 0) is 36.8 Å². The molecule has 0 fully saturated rings. The Morgan fingerprint density at radius 2 is 1.89 bits per heavy atom. The van der Waals surface area contributed by atoms with Gasteiger partial charge in [-0.2, -0.15) is 9.50 Å². The van der Waals surface area contributed by atoms with E-state index in [1.165, 1.54) is 15.9 Å². The van der Waals surface area contributed by atoms with Crippen molar-refractivity contribution in [2.45, 2.75) is 6.92 Å². The number of methoxy groups -OCH3 is 2. The van der Waals surface area contributed by atoms with Gasteiger partial charge in [0, 0.05) is 5.56 Å². The predicted molar refractivity (Wildman–Crippen MR) is 106 cm³/mol. The van der Waals surface area contributed by atoms with Crippen LogP contribution in [0.25, 0.3) is 22.4 Å². The first-order chi connectivity index (χ1) is 13.1. The molecule has 0 unspecified atom stereocenters. The number of aromatic nitrogens is 3. The number of thiazole rings is 1. The third kappa shape index (κ3) is 3.17. The van der Waals surface area contributed by atoms with Crippen molar-refractivity contribution in [3.63, 3.8) is 0 Å². The summed E-state index contributed by atoms with van der Waals surface area (Å²) in [6, 6.07) is 13.4. The second-order valence-electron chi connectivity index (χ2n) is 6.03. The number of aryl methyl sites for hydroxylation is 1. The zero-order valence-corrected chi connectivity index (χ0v) is 15.9. The number of ether oxygens (including phenoxy) is 2. The van der Waals surface area contributed by atoms with Crippen LogP contribution in [0.5, 0.6) is 11.5 Å². The highest BCUT2D eigenvalue weighted by Gasteiger charge is 2.12. The fourth-order valence-corrected chi connectivity index (χ4v) is 3.74. The number of fused-ring (bicyclic) bond motifs is 1. The zero-order valence-electron chi connectivity index (χ0n) is 15.1. The number of hydrogen-bond donors (Lipinski definition) is 0. The number of rotatable bonds is 4. The van der Waals surface area contributed by atoms with Crippen molar-refractivity contribution in [3.8, 4) is 22.9 Å². The second kappa shape index (κ2) is 6.85. The lowest BCUT2D eigenvalue weighted by atomic mass is 10.1. The Hall–Kier alpha value is -3.19. The van der Waals surface area contributed by atoms with Crippen LogP contribution in [0.4, 0.5) is 0 Å². The summed E-state index contributed by atoms with van der Waals surface area (Å²) in [6.07, 6.45) is 1.80. The predicted octanol–water partition coefficient (Wildman–Crippen LogP) is 2.69. The largest absolute Gasteiger partial charge is 0.493 e. The molecule has 4 rings (SSSR count). The molecule has 0 atom stereocenters. The molecule has 2 aromatic carbocycles. The van der Waals surface area contributed by atoms with Crippen LogP contribution in [-0.2, 0) is 0 Å². The van der Waals surface area contributed by atoms with E-state index in [1.54, 1.807) is 20.3 Å². The Balaban J connectivity index is 1.78. The van der Waals surface area contributed by atoms with Gasteiger partial charge in [0.2, 0.25) is 4.96 Å². The molecule has 136 valence electrons. The SMILES string of the molecule is COc1ccc(C=c2sc3nc(-c4cccc(C)c4)nn3c2=O)cc1OC. The third-order valence-corrected chi connectivity index (χ3v) is 5.12. The Bertz CT molecular complexity index is 1240. The van der Waals surface area contributed by atoms with Gasteiger partial charge in [0.05, 0.1) is 18.8 Å². The Morgan fingerprint density at radius 1 is 1.07 bits per heavy atom. The molecule has 4 aromatic rings. The van der Waals surface area contributed by atoms with Crippen LogP contribution >= 0.6 is 11.3 Å². The van der Waals surface area contributed by atoms with E-state index in [1.807, 2.05) is 49.4 Å². The van der Waals surface area contributed by atoms with Gasteiger partial charge >= 0.3 is 0 Å². The molecule has 2 aromatic heterocycles. The summed E-state index contributed by atoms with van der Waals surface area (Å²) in [7, 11) is 3.17. The summed E-state index contributed by atoms with van der Waals surface area (Å²) in [4.78, 5) is 17.8. The van der Waals surface area contributed by atoms with E-state index in [9.17, 15) is 4.79 Å². The minimum Gasteiger partial charge on any atom is -0.493 e. The smallest absolute Gasteiger partial charge is 0.291 e. The van der Waals surface area contributed by atoms with Crippen molar-refractivity contribution >= 4 is 22.4 Å². The molecule has 0 radical (unpaired) electrons. The molecule has 0 spiro atoms. The van der Waals surface area contributed by atoms with Crippen LogP contribution in [-0.4, -0.2) is 28.8 Å². The van der Waals surface area contributed by atoms with E-state index in [0.29, 0.717) is 26.8 Å². The standard InChI is InChI=1S/C20H17N3O3S/c1-12-5-4-6-14(9-12)18-21-20-23(22-18)19(24)17(27-20)11-13-7-8-15(25-2)16(10-13)26-3/h4-11H,1-3H3. The van der Waals surface area contributed by atoms with Gasteiger partial charge in [0.25, 0.3) is 5.56 Å². The lowest BCUT2D eigenvalue weighted by molar-refractivity contribution is 0.355. The Morgan fingerprint density at radius 3 is 2.59 bits per heavy atom. The summed E-state index contributed by atoms with van der Waals surface area (Å²) in [6.45, 7) is 2.01. The van der Waals surface area contributed by atoms with Crippen LogP contribution in [0.15, 0.2) is 47.3 Å². The monoisotopic (exact) mass is 379 g/mol. The van der Waals surface area contributed by atoms with Gasteiger partial charge in [-0.1, -0.05) is 41.2 Å². The van der Waals surface area contributed by atoms with Gasteiger partial charge in [-0.3, -0.25) is 4.79 Å². The minimum atomic E-state index is -0.184. The molecule has 7 heteroatoms. The van der Waals surface area contributed by atoms with Crippen LogP contribution in [0.1, 0.15) is 11.1 Å². The van der Waals surface area contributed by atoms with Crippen LogP contribution < -0.4 is 19.6 Å². The quantitative estimate of drug-likeness (QED) is 0.545. The molecule has 27 heavy (non-hydrogen) atoms. The Labute approximate surface area is 159 Å². The fraction of sp³-hybridized carbons (Fsp3) is 0.150.